The Kier molecular flexibility index (Phi) is 3.53. The summed E-state index contributed by atoms with van der Waals surface area (Å²) in [7, 11) is 0. The molecule has 6 heteroatoms. The second-order valence-corrected chi connectivity index (χ2v) is 5.09. The van der Waals surface area contributed by atoms with Crippen molar-refractivity contribution >= 4 is 11.2 Å². The summed E-state index contributed by atoms with van der Waals surface area (Å²) in [6.45, 7) is 3.08. The Morgan fingerprint density at radius 1 is 1.38 bits per heavy atom. The van der Waals surface area contributed by atoms with Crippen LogP contribution in [-0.4, -0.2) is 26.1 Å². The fourth-order valence-electron chi connectivity index (χ4n) is 2.41. The van der Waals surface area contributed by atoms with E-state index in [2.05, 4.69) is 21.0 Å². The van der Waals surface area contributed by atoms with Crippen molar-refractivity contribution in [3.63, 3.8) is 0 Å². The molecule has 0 aliphatic carbocycles. The number of imidazole rings is 1. The molecule has 0 spiro atoms. The van der Waals surface area contributed by atoms with Crippen LogP contribution in [0.2, 0.25) is 0 Å². The molecule has 3 rings (SSSR count). The van der Waals surface area contributed by atoms with Gasteiger partial charge in [0.1, 0.15) is 5.82 Å². The first-order valence-electron chi connectivity index (χ1n) is 6.87. The minimum atomic E-state index is -0.173. The number of rotatable bonds is 4. The van der Waals surface area contributed by atoms with Crippen LogP contribution in [0.25, 0.3) is 11.2 Å². The second-order valence-electron chi connectivity index (χ2n) is 5.09. The standard InChI is InChI=1S/C15H17N5O/c1-10-3-2-4-11(7-10)8-20-9-17-14-13(20)15(21)19-12(18-14)5-6-16/h2-4,7,9H,5-6,8,16H2,1H3,(H,18,19,21). The van der Waals surface area contributed by atoms with Crippen molar-refractivity contribution in [1.29, 1.82) is 0 Å². The maximum absolute atomic E-state index is 12.2. The number of nitrogens with two attached hydrogens (primary N) is 1. The van der Waals surface area contributed by atoms with Crippen LogP contribution < -0.4 is 11.3 Å². The van der Waals surface area contributed by atoms with E-state index in [9.17, 15) is 4.79 Å². The summed E-state index contributed by atoms with van der Waals surface area (Å²) in [6, 6.07) is 8.17. The molecular formula is C15H17N5O. The average Bonchev–Trinajstić information content (AvgIpc) is 2.83. The number of hydrogen-bond donors (Lipinski definition) is 2. The SMILES string of the molecule is Cc1cccc(Cn2cnc3nc(CCN)[nH]c(=O)c32)c1. The smallest absolute Gasteiger partial charge is 0.277 e. The van der Waals surface area contributed by atoms with Crippen molar-refractivity contribution in [2.45, 2.75) is 19.9 Å². The molecular weight excluding hydrogens is 266 g/mol. The van der Waals surface area contributed by atoms with Crippen LogP contribution in [0.1, 0.15) is 17.0 Å². The zero-order chi connectivity index (χ0) is 14.8. The molecule has 2 heterocycles. The van der Waals surface area contributed by atoms with Gasteiger partial charge in [-0.25, -0.2) is 9.97 Å². The summed E-state index contributed by atoms with van der Waals surface area (Å²) in [5, 5.41) is 0. The number of aromatic amines is 1. The molecule has 0 unspecified atom stereocenters. The van der Waals surface area contributed by atoms with Gasteiger partial charge in [0.25, 0.3) is 5.56 Å². The minimum absolute atomic E-state index is 0.173. The van der Waals surface area contributed by atoms with Crippen LogP contribution in [0.15, 0.2) is 35.4 Å². The fraction of sp³-hybridized carbons (Fsp3) is 0.267. The van der Waals surface area contributed by atoms with E-state index in [1.54, 1.807) is 6.33 Å². The number of nitrogens with one attached hydrogen (secondary N) is 1. The van der Waals surface area contributed by atoms with Gasteiger partial charge in [-0.05, 0) is 19.0 Å². The summed E-state index contributed by atoms with van der Waals surface area (Å²) >= 11 is 0. The first-order chi connectivity index (χ1) is 10.2. The molecule has 3 aromatic rings. The van der Waals surface area contributed by atoms with Crippen LogP contribution in [0.5, 0.6) is 0 Å². The van der Waals surface area contributed by atoms with Crippen LogP contribution in [0, 0.1) is 6.92 Å². The lowest BCUT2D eigenvalue weighted by Crippen LogP contribution is -2.17. The largest absolute Gasteiger partial charge is 0.330 e. The number of aromatic nitrogens is 4. The van der Waals surface area contributed by atoms with Gasteiger partial charge in [0.05, 0.1) is 6.33 Å². The topological polar surface area (TPSA) is 89.6 Å². The Morgan fingerprint density at radius 3 is 3.00 bits per heavy atom. The Morgan fingerprint density at radius 2 is 2.24 bits per heavy atom. The van der Waals surface area contributed by atoms with E-state index >= 15 is 0 Å². The van der Waals surface area contributed by atoms with Crippen LogP contribution >= 0.6 is 0 Å². The Balaban J connectivity index is 2.02. The number of nitrogens with zero attached hydrogens (tertiary/aromatic N) is 3. The monoisotopic (exact) mass is 283 g/mol. The quantitative estimate of drug-likeness (QED) is 0.747. The van der Waals surface area contributed by atoms with Gasteiger partial charge >= 0.3 is 0 Å². The van der Waals surface area contributed by atoms with Crippen molar-refractivity contribution in [1.82, 2.24) is 19.5 Å². The lowest BCUT2D eigenvalue weighted by molar-refractivity contribution is 0.813. The van der Waals surface area contributed by atoms with Gasteiger partial charge in [0.15, 0.2) is 11.2 Å². The number of aryl methyl sites for hydroxylation is 1. The molecule has 0 saturated carbocycles. The van der Waals surface area contributed by atoms with Crippen LogP contribution in [0.4, 0.5) is 0 Å². The summed E-state index contributed by atoms with van der Waals surface area (Å²) in [5.41, 5.74) is 8.59. The number of hydrogen-bond acceptors (Lipinski definition) is 4. The maximum atomic E-state index is 12.2. The maximum Gasteiger partial charge on any atom is 0.277 e. The highest BCUT2D eigenvalue weighted by atomic mass is 16.1. The van der Waals surface area contributed by atoms with Crippen molar-refractivity contribution < 1.29 is 0 Å². The highest BCUT2D eigenvalue weighted by Crippen LogP contribution is 2.10. The summed E-state index contributed by atoms with van der Waals surface area (Å²) < 4.78 is 1.82. The molecule has 0 amide bonds. The van der Waals surface area contributed by atoms with Crippen LogP contribution in [0.3, 0.4) is 0 Å². The lowest BCUT2D eigenvalue weighted by atomic mass is 10.1. The molecule has 0 aliphatic heterocycles. The van der Waals surface area contributed by atoms with Gasteiger partial charge < -0.3 is 15.3 Å². The number of benzene rings is 1. The molecule has 0 aliphatic rings. The molecule has 3 N–H and O–H groups in total. The van der Waals surface area contributed by atoms with Crippen molar-refractivity contribution in [3.05, 3.63) is 57.9 Å². The van der Waals surface area contributed by atoms with Crippen molar-refractivity contribution in [2.24, 2.45) is 5.73 Å². The van der Waals surface area contributed by atoms with E-state index in [1.807, 2.05) is 29.7 Å². The van der Waals surface area contributed by atoms with E-state index in [1.165, 1.54) is 5.56 Å². The predicted octanol–water partition coefficient (Wildman–Crippen LogP) is 0.978. The zero-order valence-electron chi connectivity index (χ0n) is 11.8. The second kappa shape index (κ2) is 5.49. The van der Waals surface area contributed by atoms with E-state index in [-0.39, 0.29) is 5.56 Å². The third-order valence-corrected chi connectivity index (χ3v) is 3.35. The Hall–Kier alpha value is -2.47. The summed E-state index contributed by atoms with van der Waals surface area (Å²) in [5.74, 6) is 0.579. The van der Waals surface area contributed by atoms with Gasteiger partial charge in [0.2, 0.25) is 0 Å². The molecule has 0 fully saturated rings. The van der Waals surface area contributed by atoms with E-state index in [0.717, 1.165) is 5.56 Å². The Labute approximate surface area is 121 Å². The van der Waals surface area contributed by atoms with Gasteiger partial charge in [-0.2, -0.15) is 0 Å². The first-order valence-corrected chi connectivity index (χ1v) is 6.87. The average molecular weight is 283 g/mol. The van der Waals surface area contributed by atoms with Gasteiger partial charge in [0, 0.05) is 13.0 Å². The highest BCUT2D eigenvalue weighted by Gasteiger charge is 2.10. The molecule has 0 bridgehead atoms. The summed E-state index contributed by atoms with van der Waals surface area (Å²) in [4.78, 5) is 23.6. The van der Waals surface area contributed by atoms with Crippen molar-refractivity contribution in [3.8, 4) is 0 Å². The van der Waals surface area contributed by atoms with Gasteiger partial charge in [-0.15, -0.1) is 0 Å². The predicted molar refractivity (Wildman–Crippen MR) is 81.2 cm³/mol. The number of H-pyrrole nitrogens is 1. The molecule has 0 atom stereocenters. The molecule has 0 saturated heterocycles. The highest BCUT2D eigenvalue weighted by molar-refractivity contribution is 5.69. The molecule has 1 aromatic carbocycles. The van der Waals surface area contributed by atoms with Crippen LogP contribution in [-0.2, 0) is 13.0 Å². The number of fused-ring (bicyclic) bond motifs is 1. The fourth-order valence-corrected chi connectivity index (χ4v) is 2.41. The molecule has 108 valence electrons. The molecule has 0 radical (unpaired) electrons. The van der Waals surface area contributed by atoms with E-state index in [0.29, 0.717) is 36.5 Å². The zero-order valence-corrected chi connectivity index (χ0v) is 11.8. The Bertz CT molecular complexity index is 833. The van der Waals surface area contributed by atoms with E-state index < -0.39 is 0 Å². The third kappa shape index (κ3) is 2.71. The molecule has 6 nitrogen and oxygen atoms in total. The normalized spacial score (nSPS) is 11.1. The minimum Gasteiger partial charge on any atom is -0.330 e. The molecule has 21 heavy (non-hydrogen) atoms. The third-order valence-electron chi connectivity index (χ3n) is 3.35. The van der Waals surface area contributed by atoms with Crippen molar-refractivity contribution in [2.75, 3.05) is 6.54 Å². The van der Waals surface area contributed by atoms with Gasteiger partial charge in [-0.3, -0.25) is 4.79 Å². The first kappa shape index (κ1) is 13.5. The lowest BCUT2D eigenvalue weighted by Gasteiger charge is -2.05. The van der Waals surface area contributed by atoms with E-state index in [4.69, 9.17) is 5.73 Å². The summed E-state index contributed by atoms with van der Waals surface area (Å²) in [6.07, 6.45) is 2.19. The van der Waals surface area contributed by atoms with Gasteiger partial charge in [-0.1, -0.05) is 29.8 Å². The molecule has 2 aromatic heterocycles.